The summed E-state index contributed by atoms with van der Waals surface area (Å²) < 4.78 is 0. The van der Waals surface area contributed by atoms with Crippen LogP contribution in [0.4, 0.5) is 0 Å². The lowest BCUT2D eigenvalue weighted by atomic mass is 9.50. The molecule has 0 saturated heterocycles. The highest BCUT2D eigenvalue weighted by molar-refractivity contribution is 7.99. The fraction of sp³-hybridized carbons (Fsp3) is 0.933. The molecule has 4 aliphatic rings. The Hall–Kier alpha value is -0.180. The van der Waals surface area contributed by atoms with Crippen LogP contribution in [-0.2, 0) is 4.79 Å². The molecule has 102 valence electrons. The number of thioether (sulfide) groups is 1. The average molecular weight is 268 g/mol. The summed E-state index contributed by atoms with van der Waals surface area (Å²) in [5, 5.41) is 8.93. The van der Waals surface area contributed by atoms with E-state index in [1.54, 1.807) is 0 Å². The van der Waals surface area contributed by atoms with E-state index in [1.807, 2.05) is 18.7 Å². The Balaban J connectivity index is 1.54. The third kappa shape index (κ3) is 2.43. The van der Waals surface area contributed by atoms with Gasteiger partial charge in [0.2, 0.25) is 0 Å². The molecule has 1 N–H and O–H groups in total. The maximum absolute atomic E-state index is 10.8. The highest BCUT2D eigenvalue weighted by atomic mass is 32.2. The molecule has 2 nitrogen and oxygen atoms in total. The average Bonchev–Trinajstić information content (AvgIpc) is 2.26. The van der Waals surface area contributed by atoms with Gasteiger partial charge in [0.1, 0.15) is 0 Å². The van der Waals surface area contributed by atoms with E-state index >= 15 is 0 Å². The normalized spacial score (nSPS) is 43.1. The molecule has 18 heavy (non-hydrogen) atoms. The Morgan fingerprint density at radius 1 is 1.22 bits per heavy atom. The summed E-state index contributed by atoms with van der Waals surface area (Å²) in [7, 11) is 0. The van der Waals surface area contributed by atoms with Gasteiger partial charge < -0.3 is 5.11 Å². The highest BCUT2D eigenvalue weighted by Crippen LogP contribution is 2.60. The predicted octanol–water partition coefficient (Wildman–Crippen LogP) is 3.66. The third-order valence-corrected chi connectivity index (χ3v) is 6.91. The molecule has 1 atom stereocenters. The van der Waals surface area contributed by atoms with Gasteiger partial charge in [-0.25, -0.2) is 0 Å². The second-order valence-corrected chi connectivity index (χ2v) is 8.20. The highest BCUT2D eigenvalue weighted by Gasteiger charge is 2.50. The first kappa shape index (κ1) is 12.8. The minimum atomic E-state index is -0.645. The van der Waals surface area contributed by atoms with Gasteiger partial charge in [-0.1, -0.05) is 6.92 Å². The Morgan fingerprint density at radius 2 is 1.72 bits per heavy atom. The maximum Gasteiger partial charge on any atom is 0.307 e. The first-order valence-corrected chi connectivity index (χ1v) is 8.52. The Labute approximate surface area is 114 Å². The van der Waals surface area contributed by atoms with Crippen LogP contribution >= 0.6 is 11.8 Å². The van der Waals surface area contributed by atoms with Crippen LogP contribution in [0.15, 0.2) is 0 Å². The van der Waals surface area contributed by atoms with Crippen molar-refractivity contribution in [2.75, 3.05) is 11.5 Å². The van der Waals surface area contributed by atoms with Gasteiger partial charge in [-0.3, -0.25) is 4.79 Å². The molecule has 3 heteroatoms. The molecule has 4 bridgehead atoms. The lowest BCUT2D eigenvalue weighted by molar-refractivity contribution is -0.140. The van der Waals surface area contributed by atoms with Crippen LogP contribution in [-0.4, -0.2) is 22.6 Å². The van der Waals surface area contributed by atoms with E-state index < -0.39 is 5.97 Å². The Kier molecular flexibility index (Phi) is 3.38. The van der Waals surface area contributed by atoms with E-state index in [4.69, 9.17) is 5.11 Å². The van der Waals surface area contributed by atoms with Crippen molar-refractivity contribution >= 4 is 17.7 Å². The van der Waals surface area contributed by atoms with Gasteiger partial charge in [-0.15, -0.1) is 0 Å². The molecule has 0 aromatic carbocycles. The van der Waals surface area contributed by atoms with Crippen LogP contribution in [0.5, 0.6) is 0 Å². The smallest absolute Gasteiger partial charge is 0.307 e. The summed E-state index contributed by atoms with van der Waals surface area (Å²) in [6.07, 6.45) is 8.80. The zero-order valence-corrected chi connectivity index (χ0v) is 12.0. The third-order valence-electron chi connectivity index (χ3n) is 5.36. The summed E-state index contributed by atoms with van der Waals surface area (Å²) in [6.45, 7) is 1.83. The molecule has 0 aromatic heterocycles. The number of carboxylic acids is 1. The van der Waals surface area contributed by atoms with Gasteiger partial charge in [0.25, 0.3) is 0 Å². The van der Waals surface area contributed by atoms with Crippen LogP contribution in [0.25, 0.3) is 0 Å². The zero-order valence-electron chi connectivity index (χ0n) is 11.2. The molecule has 0 heterocycles. The SMILES string of the molecule is CC(CSCC12CC3CC(CC(C3)C1)C2)C(=O)O. The number of rotatable bonds is 5. The zero-order chi connectivity index (χ0) is 12.8. The summed E-state index contributed by atoms with van der Waals surface area (Å²) in [5.74, 6) is 4.19. The van der Waals surface area contributed by atoms with E-state index in [-0.39, 0.29) is 5.92 Å². The minimum Gasteiger partial charge on any atom is -0.481 e. The predicted molar refractivity (Wildman–Crippen MR) is 74.7 cm³/mol. The van der Waals surface area contributed by atoms with Crippen molar-refractivity contribution in [3.05, 3.63) is 0 Å². The largest absolute Gasteiger partial charge is 0.481 e. The number of carbonyl (C=O) groups is 1. The molecule has 4 rings (SSSR count). The van der Waals surface area contributed by atoms with E-state index in [2.05, 4.69) is 0 Å². The van der Waals surface area contributed by atoms with Crippen LogP contribution < -0.4 is 0 Å². The standard InChI is InChI=1S/C15H24O2S/c1-10(14(16)17)8-18-9-15-5-11-2-12(6-15)4-13(3-11)7-15/h10-13H,2-9H2,1H3,(H,16,17). The molecular weight excluding hydrogens is 244 g/mol. The van der Waals surface area contributed by atoms with E-state index in [9.17, 15) is 4.79 Å². The molecule has 0 amide bonds. The molecule has 0 aromatic rings. The summed E-state index contributed by atoms with van der Waals surface area (Å²) in [6, 6.07) is 0. The van der Waals surface area contributed by atoms with Crippen LogP contribution in [0.1, 0.15) is 45.4 Å². The molecule has 0 radical (unpaired) electrons. The number of hydrogen-bond donors (Lipinski definition) is 1. The van der Waals surface area contributed by atoms with Crippen molar-refractivity contribution in [3.63, 3.8) is 0 Å². The molecule has 4 saturated carbocycles. The van der Waals surface area contributed by atoms with Gasteiger partial charge in [0.05, 0.1) is 5.92 Å². The number of aliphatic carboxylic acids is 1. The number of carboxylic acid groups (broad SMARTS) is 1. The lowest BCUT2D eigenvalue weighted by Gasteiger charge is -2.57. The second-order valence-electron chi connectivity index (χ2n) is 7.17. The van der Waals surface area contributed by atoms with Gasteiger partial charge in [0.15, 0.2) is 0 Å². The molecule has 4 aliphatic carbocycles. The second kappa shape index (κ2) is 4.73. The molecule has 1 unspecified atom stereocenters. The Bertz CT molecular complexity index is 304. The van der Waals surface area contributed by atoms with Crippen LogP contribution in [0.3, 0.4) is 0 Å². The van der Waals surface area contributed by atoms with Crippen molar-refractivity contribution in [1.82, 2.24) is 0 Å². The fourth-order valence-corrected chi connectivity index (χ4v) is 6.39. The van der Waals surface area contributed by atoms with Crippen molar-refractivity contribution in [2.24, 2.45) is 29.1 Å². The van der Waals surface area contributed by atoms with Gasteiger partial charge >= 0.3 is 5.97 Å². The van der Waals surface area contributed by atoms with Gasteiger partial charge in [-0.2, -0.15) is 11.8 Å². The summed E-state index contributed by atoms with van der Waals surface area (Å²) in [4.78, 5) is 10.8. The van der Waals surface area contributed by atoms with Gasteiger partial charge in [-0.05, 0) is 67.4 Å². The van der Waals surface area contributed by atoms with Crippen molar-refractivity contribution < 1.29 is 9.90 Å². The lowest BCUT2D eigenvalue weighted by Crippen LogP contribution is -2.47. The molecule has 0 aliphatic heterocycles. The van der Waals surface area contributed by atoms with E-state index in [1.165, 1.54) is 44.3 Å². The summed E-state index contributed by atoms with van der Waals surface area (Å²) in [5.41, 5.74) is 0.595. The molecular formula is C15H24O2S. The quantitative estimate of drug-likeness (QED) is 0.827. The minimum absolute atomic E-state index is 0.191. The van der Waals surface area contributed by atoms with Crippen LogP contribution in [0, 0.1) is 29.1 Å². The van der Waals surface area contributed by atoms with Gasteiger partial charge in [0, 0.05) is 5.75 Å². The summed E-state index contributed by atoms with van der Waals surface area (Å²) >= 11 is 1.90. The maximum atomic E-state index is 10.8. The molecule has 0 spiro atoms. The van der Waals surface area contributed by atoms with E-state index in [0.29, 0.717) is 5.41 Å². The first-order valence-electron chi connectivity index (χ1n) is 7.37. The Morgan fingerprint density at radius 3 is 2.17 bits per heavy atom. The van der Waals surface area contributed by atoms with Crippen molar-refractivity contribution in [1.29, 1.82) is 0 Å². The van der Waals surface area contributed by atoms with E-state index in [0.717, 1.165) is 23.5 Å². The molecule has 4 fully saturated rings. The van der Waals surface area contributed by atoms with Crippen molar-refractivity contribution in [2.45, 2.75) is 45.4 Å². The first-order chi connectivity index (χ1) is 8.56. The number of hydrogen-bond acceptors (Lipinski definition) is 2. The van der Waals surface area contributed by atoms with Crippen LogP contribution in [0.2, 0.25) is 0 Å². The monoisotopic (exact) mass is 268 g/mol. The fourth-order valence-electron chi connectivity index (χ4n) is 4.99. The van der Waals surface area contributed by atoms with Crippen molar-refractivity contribution in [3.8, 4) is 0 Å². The topological polar surface area (TPSA) is 37.3 Å².